The average molecular weight is 365 g/mol. The molecule has 0 saturated heterocycles. The van der Waals surface area contributed by atoms with Crippen LogP contribution in [-0.2, 0) is 0 Å². The summed E-state index contributed by atoms with van der Waals surface area (Å²) in [5.74, 6) is -0.107. The highest BCUT2D eigenvalue weighted by Gasteiger charge is 2.14. The molecule has 1 amide bonds. The molecule has 0 radical (unpaired) electrons. The highest BCUT2D eigenvalue weighted by molar-refractivity contribution is 6.13. The summed E-state index contributed by atoms with van der Waals surface area (Å²) in [7, 11) is 0. The van der Waals surface area contributed by atoms with Gasteiger partial charge in [-0.15, -0.1) is 0 Å². The summed E-state index contributed by atoms with van der Waals surface area (Å²) in [6.07, 6.45) is 3.08. The molecule has 0 unspecified atom stereocenters. The van der Waals surface area contributed by atoms with Gasteiger partial charge in [-0.1, -0.05) is 36.8 Å². The maximum absolute atomic E-state index is 12.7. The smallest absolute Gasteiger partial charge is 0.253 e. The van der Waals surface area contributed by atoms with Crippen LogP contribution in [0.15, 0.2) is 42.5 Å². The number of nitrogen functional groups attached to an aromatic ring is 1. The number of rotatable bonds is 9. The van der Waals surface area contributed by atoms with Crippen LogP contribution in [0.1, 0.15) is 29.6 Å². The van der Waals surface area contributed by atoms with E-state index in [-0.39, 0.29) is 5.91 Å². The fraction of sp³-hybridized carbons (Fsp3) is 0.333. The molecule has 0 aliphatic rings. The van der Waals surface area contributed by atoms with Crippen molar-refractivity contribution in [2.24, 2.45) is 5.73 Å². The van der Waals surface area contributed by atoms with Crippen LogP contribution >= 0.6 is 0 Å². The minimum Gasteiger partial charge on any atom is -0.398 e. The number of nitrogens with zero attached hydrogens (tertiary/aromatic N) is 1. The highest BCUT2D eigenvalue weighted by Crippen LogP contribution is 2.29. The molecule has 0 aliphatic carbocycles. The number of aromatic nitrogens is 1. The molecule has 3 aromatic rings. The Balaban J connectivity index is 1.66. The van der Waals surface area contributed by atoms with Crippen LogP contribution in [-0.4, -0.2) is 37.1 Å². The van der Waals surface area contributed by atoms with Gasteiger partial charge in [0.25, 0.3) is 5.91 Å². The summed E-state index contributed by atoms with van der Waals surface area (Å²) in [4.78, 5) is 17.3. The first-order valence-corrected chi connectivity index (χ1v) is 9.48. The van der Waals surface area contributed by atoms with Crippen molar-refractivity contribution < 1.29 is 4.79 Å². The predicted octanol–water partition coefficient (Wildman–Crippen LogP) is 2.42. The van der Waals surface area contributed by atoms with Crippen molar-refractivity contribution in [2.45, 2.75) is 19.3 Å². The summed E-state index contributed by atoms with van der Waals surface area (Å²) in [5, 5.41) is 7.99. The number of nitrogens with one attached hydrogen (secondary N) is 2. The van der Waals surface area contributed by atoms with Gasteiger partial charge in [-0.3, -0.25) is 4.79 Å². The van der Waals surface area contributed by atoms with Gasteiger partial charge in [0.2, 0.25) is 0 Å². The molecule has 27 heavy (non-hydrogen) atoms. The zero-order valence-corrected chi connectivity index (χ0v) is 15.5. The normalized spacial score (nSPS) is 11.1. The lowest BCUT2D eigenvalue weighted by Gasteiger charge is -2.11. The zero-order chi connectivity index (χ0) is 19.1. The van der Waals surface area contributed by atoms with Gasteiger partial charge < -0.3 is 22.1 Å². The van der Waals surface area contributed by atoms with Crippen LogP contribution in [0.25, 0.3) is 21.8 Å². The minimum atomic E-state index is -0.107. The van der Waals surface area contributed by atoms with Crippen molar-refractivity contribution in [3.8, 4) is 0 Å². The lowest BCUT2D eigenvalue weighted by Crippen LogP contribution is -2.25. The van der Waals surface area contributed by atoms with Gasteiger partial charge in [0, 0.05) is 30.4 Å². The molecule has 6 heteroatoms. The number of pyridine rings is 1. The van der Waals surface area contributed by atoms with Gasteiger partial charge in [0.15, 0.2) is 0 Å². The molecule has 0 bridgehead atoms. The summed E-state index contributed by atoms with van der Waals surface area (Å²) in [6.45, 7) is 3.12. The molecule has 0 fully saturated rings. The Morgan fingerprint density at radius 2 is 1.70 bits per heavy atom. The molecule has 142 valence electrons. The summed E-state index contributed by atoms with van der Waals surface area (Å²) >= 11 is 0. The monoisotopic (exact) mass is 365 g/mol. The van der Waals surface area contributed by atoms with E-state index in [0.717, 1.165) is 48.6 Å². The van der Waals surface area contributed by atoms with Crippen molar-refractivity contribution in [1.82, 2.24) is 15.6 Å². The Bertz CT molecular complexity index is 925. The summed E-state index contributed by atoms with van der Waals surface area (Å²) in [6, 6.07) is 13.3. The number of unbranched alkanes of at least 4 members (excludes halogenated alkanes) is 2. The number of fused-ring (bicyclic) bond motifs is 2. The number of hydrogen-bond donors (Lipinski definition) is 4. The Labute approximate surface area is 159 Å². The van der Waals surface area contributed by atoms with Crippen molar-refractivity contribution in [3.05, 3.63) is 48.0 Å². The Morgan fingerprint density at radius 3 is 2.56 bits per heavy atom. The lowest BCUT2D eigenvalue weighted by molar-refractivity contribution is 0.0954. The molecule has 0 saturated carbocycles. The fourth-order valence-electron chi connectivity index (χ4n) is 3.20. The third kappa shape index (κ3) is 4.53. The molecule has 6 nitrogen and oxygen atoms in total. The first-order chi connectivity index (χ1) is 13.2. The van der Waals surface area contributed by atoms with Gasteiger partial charge in [-0.25, -0.2) is 4.98 Å². The van der Waals surface area contributed by atoms with E-state index in [0.29, 0.717) is 29.9 Å². The van der Waals surface area contributed by atoms with Gasteiger partial charge in [0.1, 0.15) is 0 Å². The largest absolute Gasteiger partial charge is 0.398 e. The van der Waals surface area contributed by atoms with E-state index in [1.165, 1.54) is 0 Å². The number of amides is 1. The molecule has 6 N–H and O–H groups in total. The van der Waals surface area contributed by atoms with Crippen molar-refractivity contribution in [3.63, 3.8) is 0 Å². The Morgan fingerprint density at radius 1 is 0.926 bits per heavy atom. The Hall–Kier alpha value is -2.70. The van der Waals surface area contributed by atoms with E-state index in [9.17, 15) is 4.79 Å². The van der Waals surface area contributed by atoms with E-state index in [1.807, 2.05) is 36.4 Å². The van der Waals surface area contributed by atoms with Gasteiger partial charge in [-0.05, 0) is 31.5 Å². The third-order valence-corrected chi connectivity index (χ3v) is 4.63. The second-order valence-electron chi connectivity index (χ2n) is 6.60. The number of para-hydroxylation sites is 2. The van der Waals surface area contributed by atoms with Crippen LogP contribution in [0, 0.1) is 0 Å². The maximum Gasteiger partial charge on any atom is 0.253 e. The number of benzene rings is 2. The van der Waals surface area contributed by atoms with Crippen LogP contribution < -0.4 is 22.1 Å². The van der Waals surface area contributed by atoms with E-state index >= 15 is 0 Å². The fourth-order valence-corrected chi connectivity index (χ4v) is 3.20. The second kappa shape index (κ2) is 9.30. The third-order valence-electron chi connectivity index (χ3n) is 4.63. The second-order valence-corrected chi connectivity index (χ2v) is 6.60. The highest BCUT2D eigenvalue weighted by atomic mass is 16.1. The number of carbonyl (C=O) groups excluding carboxylic acids is 1. The van der Waals surface area contributed by atoms with Crippen molar-refractivity contribution >= 4 is 33.4 Å². The standard InChI is InChI=1S/C21H27N5O/c22-11-14-24-12-4-1-5-13-25-21(27)17-9-6-8-16-19(23)15-7-2-3-10-18(15)26-20(16)17/h2-3,6-10,24H,1,4-5,11-14,22H2,(H2,23,26)(H,25,27). The van der Waals surface area contributed by atoms with Gasteiger partial charge in [-0.2, -0.15) is 0 Å². The van der Waals surface area contributed by atoms with E-state index in [1.54, 1.807) is 6.07 Å². The van der Waals surface area contributed by atoms with Crippen LogP contribution in [0.4, 0.5) is 5.69 Å². The quantitative estimate of drug-likeness (QED) is 0.344. The minimum absolute atomic E-state index is 0.107. The number of nitrogens with two attached hydrogens (primary N) is 2. The predicted molar refractivity (Wildman–Crippen MR) is 112 cm³/mol. The number of carbonyl (C=O) groups is 1. The van der Waals surface area contributed by atoms with E-state index in [4.69, 9.17) is 11.5 Å². The van der Waals surface area contributed by atoms with Crippen LogP contribution in [0.3, 0.4) is 0 Å². The van der Waals surface area contributed by atoms with Gasteiger partial charge in [0.05, 0.1) is 22.3 Å². The summed E-state index contributed by atoms with van der Waals surface area (Å²) < 4.78 is 0. The Kier molecular flexibility index (Phi) is 6.57. The average Bonchev–Trinajstić information content (AvgIpc) is 2.70. The topological polar surface area (TPSA) is 106 Å². The number of anilines is 1. The van der Waals surface area contributed by atoms with Crippen LogP contribution in [0.2, 0.25) is 0 Å². The maximum atomic E-state index is 12.7. The molecule has 0 spiro atoms. The number of hydrogen-bond acceptors (Lipinski definition) is 5. The molecular weight excluding hydrogens is 338 g/mol. The molecule has 0 aliphatic heterocycles. The lowest BCUT2D eigenvalue weighted by atomic mass is 10.0. The molecule has 2 aromatic carbocycles. The molecule has 1 heterocycles. The van der Waals surface area contributed by atoms with E-state index < -0.39 is 0 Å². The first-order valence-electron chi connectivity index (χ1n) is 9.48. The van der Waals surface area contributed by atoms with Crippen LogP contribution in [0.5, 0.6) is 0 Å². The van der Waals surface area contributed by atoms with Gasteiger partial charge >= 0.3 is 0 Å². The summed E-state index contributed by atoms with van der Waals surface area (Å²) in [5.41, 5.74) is 14.4. The molecular formula is C21H27N5O. The zero-order valence-electron chi connectivity index (χ0n) is 15.5. The molecule has 0 atom stereocenters. The molecule has 3 rings (SSSR count). The molecule has 1 aromatic heterocycles. The van der Waals surface area contributed by atoms with Crippen molar-refractivity contribution in [2.75, 3.05) is 31.9 Å². The van der Waals surface area contributed by atoms with Crippen molar-refractivity contribution in [1.29, 1.82) is 0 Å². The SMILES string of the molecule is NCCNCCCCCNC(=O)c1cccc2c(N)c3ccccc3nc12. The first kappa shape index (κ1) is 19.1. The van der Waals surface area contributed by atoms with E-state index in [2.05, 4.69) is 15.6 Å².